The molecule has 3 aromatic rings. The fraction of sp³-hybridized carbons (Fsp3) is 0.231. The zero-order valence-electron chi connectivity index (χ0n) is 10.2. The normalized spacial score (nSPS) is 12.8. The Morgan fingerprint density at radius 3 is 2.83 bits per heavy atom. The highest BCUT2D eigenvalue weighted by Gasteiger charge is 2.17. The van der Waals surface area contributed by atoms with Gasteiger partial charge in [-0.1, -0.05) is 6.07 Å². The molecule has 0 aliphatic rings. The van der Waals surface area contributed by atoms with Gasteiger partial charge in [-0.25, -0.2) is 9.97 Å². The summed E-state index contributed by atoms with van der Waals surface area (Å²) < 4.78 is 0. The molecule has 0 bridgehead atoms. The van der Waals surface area contributed by atoms with Crippen molar-refractivity contribution in [1.29, 1.82) is 0 Å². The Kier molecular flexibility index (Phi) is 3.01. The van der Waals surface area contributed by atoms with E-state index in [2.05, 4.69) is 57.8 Å². The van der Waals surface area contributed by atoms with Crippen LogP contribution in [-0.2, 0) is 0 Å². The molecule has 0 spiro atoms. The fourth-order valence-corrected chi connectivity index (χ4v) is 3.52. The maximum Gasteiger partial charge on any atom is 0.141 e. The number of thiophene rings is 2. The average Bonchev–Trinajstić information content (AvgIpc) is 3.06. The third-order valence-electron chi connectivity index (χ3n) is 3.11. The summed E-state index contributed by atoms with van der Waals surface area (Å²) in [4.78, 5) is 13.3. The topological polar surface area (TPSA) is 29.0 Å². The van der Waals surface area contributed by atoms with Crippen LogP contribution in [0.1, 0.15) is 17.8 Å². The van der Waals surface area contributed by atoms with E-state index < -0.39 is 0 Å². The second-order valence-electron chi connectivity index (χ2n) is 4.14. The molecule has 0 aliphatic carbocycles. The largest absolute Gasteiger partial charge is 0.351 e. The lowest BCUT2D eigenvalue weighted by Gasteiger charge is -2.25. The number of hydrogen-bond acceptors (Lipinski definition) is 5. The lowest BCUT2D eigenvalue weighted by atomic mass is 10.2. The van der Waals surface area contributed by atoms with Crippen molar-refractivity contribution < 1.29 is 0 Å². The molecule has 3 nitrogen and oxygen atoms in total. The minimum absolute atomic E-state index is 0.322. The third kappa shape index (κ3) is 1.89. The summed E-state index contributed by atoms with van der Waals surface area (Å²) in [6, 6.07) is 6.66. The third-order valence-corrected chi connectivity index (χ3v) is 4.97. The number of hydrogen-bond donors (Lipinski definition) is 0. The molecule has 3 heterocycles. The van der Waals surface area contributed by atoms with Gasteiger partial charge in [0, 0.05) is 11.9 Å². The predicted octanol–water partition coefficient (Wildman–Crippen LogP) is 3.95. The van der Waals surface area contributed by atoms with Crippen molar-refractivity contribution in [1.82, 2.24) is 9.97 Å². The Morgan fingerprint density at radius 1 is 1.17 bits per heavy atom. The number of anilines is 1. The van der Waals surface area contributed by atoms with Crippen LogP contribution >= 0.6 is 22.7 Å². The van der Waals surface area contributed by atoms with Gasteiger partial charge in [-0.3, -0.25) is 0 Å². The summed E-state index contributed by atoms with van der Waals surface area (Å²) in [5.74, 6) is 1.00. The summed E-state index contributed by atoms with van der Waals surface area (Å²) in [5, 5.41) is 5.31. The maximum absolute atomic E-state index is 4.44. The first-order valence-corrected chi connectivity index (χ1v) is 7.47. The van der Waals surface area contributed by atoms with Crippen LogP contribution in [0.2, 0.25) is 0 Å². The Bertz CT molecular complexity index is 645. The van der Waals surface area contributed by atoms with Crippen molar-refractivity contribution >= 4 is 38.7 Å². The molecule has 0 N–H and O–H groups in total. The number of nitrogens with zero attached hydrogens (tertiary/aromatic N) is 3. The Hall–Kier alpha value is -1.46. The molecule has 3 rings (SSSR count). The summed E-state index contributed by atoms with van der Waals surface area (Å²) in [5.41, 5.74) is 0. The van der Waals surface area contributed by atoms with Gasteiger partial charge in [0.1, 0.15) is 17.0 Å². The van der Waals surface area contributed by atoms with Crippen LogP contribution in [0.4, 0.5) is 5.82 Å². The molecule has 1 atom stereocenters. The molecular weight excluding hydrogens is 262 g/mol. The summed E-state index contributed by atoms with van der Waals surface area (Å²) >= 11 is 3.43. The van der Waals surface area contributed by atoms with E-state index in [0.717, 1.165) is 16.0 Å². The molecule has 0 radical (unpaired) electrons. The summed E-state index contributed by atoms with van der Waals surface area (Å²) in [6.45, 7) is 2.20. The van der Waals surface area contributed by atoms with Crippen LogP contribution < -0.4 is 4.90 Å². The first-order chi connectivity index (χ1) is 8.77. The Balaban J connectivity index is 2.01. The molecule has 0 saturated heterocycles. The van der Waals surface area contributed by atoms with Gasteiger partial charge in [0.2, 0.25) is 0 Å². The van der Waals surface area contributed by atoms with Crippen LogP contribution in [0.3, 0.4) is 0 Å². The van der Waals surface area contributed by atoms with Crippen LogP contribution in [-0.4, -0.2) is 17.0 Å². The van der Waals surface area contributed by atoms with Crippen LogP contribution in [0.15, 0.2) is 35.3 Å². The van der Waals surface area contributed by atoms with Gasteiger partial charge in [-0.15, -0.1) is 22.7 Å². The van der Waals surface area contributed by atoms with E-state index in [4.69, 9.17) is 0 Å². The Labute approximate surface area is 114 Å². The molecule has 0 saturated carbocycles. The first kappa shape index (κ1) is 11.6. The minimum Gasteiger partial charge on any atom is -0.351 e. The van der Waals surface area contributed by atoms with E-state index in [1.165, 1.54) is 4.88 Å². The van der Waals surface area contributed by atoms with E-state index in [-0.39, 0.29) is 0 Å². The molecular formula is C13H13N3S2. The van der Waals surface area contributed by atoms with Crippen molar-refractivity contribution in [2.45, 2.75) is 13.0 Å². The van der Waals surface area contributed by atoms with E-state index in [9.17, 15) is 0 Å². The predicted molar refractivity (Wildman–Crippen MR) is 78.6 cm³/mol. The maximum atomic E-state index is 4.44. The quantitative estimate of drug-likeness (QED) is 0.724. The van der Waals surface area contributed by atoms with Gasteiger partial charge in [0.15, 0.2) is 0 Å². The van der Waals surface area contributed by atoms with Gasteiger partial charge in [-0.05, 0) is 29.8 Å². The zero-order chi connectivity index (χ0) is 12.5. The molecule has 0 fully saturated rings. The molecule has 5 heteroatoms. The molecule has 1 unspecified atom stereocenters. The molecule has 92 valence electrons. The van der Waals surface area contributed by atoms with Crippen LogP contribution in [0.25, 0.3) is 10.2 Å². The number of fused-ring (bicyclic) bond motifs is 1. The molecule has 0 amide bonds. The van der Waals surface area contributed by atoms with Gasteiger partial charge >= 0.3 is 0 Å². The molecule has 0 aliphatic heterocycles. The lowest BCUT2D eigenvalue weighted by Crippen LogP contribution is -2.22. The van der Waals surface area contributed by atoms with E-state index in [0.29, 0.717) is 6.04 Å². The standard InChI is InChI=1S/C13H13N3S2/c1-9(11-4-3-6-17-11)16(2)12-10-5-7-18-13(10)15-8-14-12/h3-9H,1-2H3. The van der Waals surface area contributed by atoms with Crippen molar-refractivity contribution in [3.8, 4) is 0 Å². The second-order valence-corrected chi connectivity index (χ2v) is 6.01. The van der Waals surface area contributed by atoms with Crippen molar-refractivity contribution in [2.24, 2.45) is 0 Å². The van der Waals surface area contributed by atoms with E-state index in [1.54, 1.807) is 29.0 Å². The molecule has 3 aromatic heterocycles. The van der Waals surface area contributed by atoms with Gasteiger partial charge < -0.3 is 4.90 Å². The van der Waals surface area contributed by atoms with Gasteiger partial charge in [0.05, 0.1) is 11.4 Å². The van der Waals surface area contributed by atoms with Crippen LogP contribution in [0.5, 0.6) is 0 Å². The van der Waals surface area contributed by atoms with Crippen molar-refractivity contribution in [2.75, 3.05) is 11.9 Å². The van der Waals surface area contributed by atoms with Crippen molar-refractivity contribution in [3.63, 3.8) is 0 Å². The fourth-order valence-electron chi connectivity index (χ4n) is 1.96. The van der Waals surface area contributed by atoms with E-state index in [1.807, 2.05) is 0 Å². The van der Waals surface area contributed by atoms with Gasteiger partial charge in [0.25, 0.3) is 0 Å². The summed E-state index contributed by atoms with van der Waals surface area (Å²) in [7, 11) is 2.09. The highest BCUT2D eigenvalue weighted by Crippen LogP contribution is 2.32. The number of rotatable bonds is 3. The first-order valence-electron chi connectivity index (χ1n) is 5.72. The average molecular weight is 275 g/mol. The molecule has 18 heavy (non-hydrogen) atoms. The highest BCUT2D eigenvalue weighted by atomic mass is 32.1. The zero-order valence-corrected chi connectivity index (χ0v) is 11.8. The lowest BCUT2D eigenvalue weighted by molar-refractivity contribution is 0.744. The summed E-state index contributed by atoms with van der Waals surface area (Å²) in [6.07, 6.45) is 1.64. The molecule has 0 aromatic carbocycles. The Morgan fingerprint density at radius 2 is 2.06 bits per heavy atom. The van der Waals surface area contributed by atoms with Crippen molar-refractivity contribution in [3.05, 3.63) is 40.2 Å². The smallest absolute Gasteiger partial charge is 0.141 e. The highest BCUT2D eigenvalue weighted by molar-refractivity contribution is 7.16. The monoisotopic (exact) mass is 275 g/mol. The second kappa shape index (κ2) is 4.66. The SMILES string of the molecule is CC(c1cccs1)N(C)c1ncnc2sccc12. The van der Waals surface area contributed by atoms with Crippen LogP contribution in [0, 0.1) is 0 Å². The van der Waals surface area contributed by atoms with E-state index >= 15 is 0 Å². The van der Waals surface area contributed by atoms with Gasteiger partial charge in [-0.2, -0.15) is 0 Å². The minimum atomic E-state index is 0.322. The number of aromatic nitrogens is 2.